The molecule has 0 aromatic carbocycles. The van der Waals surface area contributed by atoms with Crippen molar-refractivity contribution in [2.45, 2.75) is 30.0 Å². The first-order chi connectivity index (χ1) is 9.45. The van der Waals surface area contributed by atoms with Crippen molar-refractivity contribution in [3.05, 3.63) is 36.3 Å². The van der Waals surface area contributed by atoms with Crippen LogP contribution >= 0.6 is 50.2 Å². The second-order valence-electron chi connectivity index (χ2n) is 4.53. The molecule has 0 saturated carbocycles. The van der Waals surface area contributed by atoms with Crippen molar-refractivity contribution >= 4 is 60.2 Å². The summed E-state index contributed by atoms with van der Waals surface area (Å²) in [5.74, 6) is 0. The van der Waals surface area contributed by atoms with Crippen LogP contribution in [0.4, 0.5) is 0 Å². The Labute approximate surface area is 139 Å². The van der Waals surface area contributed by atoms with Crippen molar-refractivity contribution in [3.63, 3.8) is 0 Å². The topological polar surface area (TPSA) is 46.2 Å². The van der Waals surface area contributed by atoms with Crippen molar-refractivity contribution in [2.24, 2.45) is 0 Å². The van der Waals surface area contributed by atoms with Crippen LogP contribution in [0.1, 0.15) is 21.7 Å². The SMILES string of the molecule is O=S(=O)(NCc1cc2c(s1)CCC2)c1cc(Cl)c(Br)s1. The fourth-order valence-electron chi connectivity index (χ4n) is 2.17. The molecule has 2 aromatic heterocycles. The smallest absolute Gasteiger partial charge is 0.206 e. The normalized spacial score (nSPS) is 14.7. The Morgan fingerprint density at radius 2 is 2.10 bits per heavy atom. The van der Waals surface area contributed by atoms with Crippen LogP contribution < -0.4 is 4.72 Å². The Morgan fingerprint density at radius 3 is 2.75 bits per heavy atom. The second kappa shape index (κ2) is 5.70. The molecule has 0 aliphatic heterocycles. The lowest BCUT2D eigenvalue weighted by atomic mass is 10.2. The molecule has 2 heterocycles. The van der Waals surface area contributed by atoms with E-state index >= 15 is 0 Å². The van der Waals surface area contributed by atoms with E-state index in [4.69, 9.17) is 11.6 Å². The lowest BCUT2D eigenvalue weighted by molar-refractivity contribution is 0.584. The molecule has 108 valence electrons. The summed E-state index contributed by atoms with van der Waals surface area (Å²) in [6.45, 7) is 0.340. The molecule has 8 heteroatoms. The van der Waals surface area contributed by atoms with E-state index in [0.29, 0.717) is 15.4 Å². The van der Waals surface area contributed by atoms with Crippen molar-refractivity contribution in [1.82, 2.24) is 4.72 Å². The van der Waals surface area contributed by atoms with E-state index < -0.39 is 10.0 Å². The third kappa shape index (κ3) is 2.98. The molecule has 0 saturated heterocycles. The standard InChI is InChI=1S/C12H11BrClNO2S3/c13-12-9(14)5-11(19-12)20(16,17)15-6-8-4-7-2-1-3-10(7)18-8/h4-5,15H,1-3,6H2. The molecule has 20 heavy (non-hydrogen) atoms. The molecule has 1 N–H and O–H groups in total. The van der Waals surface area contributed by atoms with Crippen LogP contribution in [0.3, 0.4) is 0 Å². The molecular weight excluding hydrogens is 402 g/mol. The third-order valence-corrected chi connectivity index (χ3v) is 8.71. The first-order valence-electron chi connectivity index (χ1n) is 6.00. The van der Waals surface area contributed by atoms with Crippen LogP contribution in [0.2, 0.25) is 5.02 Å². The number of thiophene rings is 2. The molecule has 0 fully saturated rings. The molecule has 1 aliphatic carbocycles. The summed E-state index contributed by atoms with van der Waals surface area (Å²) in [7, 11) is -3.49. The van der Waals surface area contributed by atoms with E-state index in [9.17, 15) is 8.42 Å². The molecule has 0 bridgehead atoms. The van der Waals surface area contributed by atoms with Gasteiger partial charge in [0.05, 0.1) is 8.81 Å². The highest BCUT2D eigenvalue weighted by Crippen LogP contribution is 2.35. The van der Waals surface area contributed by atoms with Gasteiger partial charge in [0, 0.05) is 16.3 Å². The molecule has 3 nitrogen and oxygen atoms in total. The molecular formula is C12H11BrClNO2S3. The quantitative estimate of drug-likeness (QED) is 0.818. The third-order valence-electron chi connectivity index (χ3n) is 3.12. The summed E-state index contributed by atoms with van der Waals surface area (Å²) < 4.78 is 27.8. The number of nitrogens with one attached hydrogen (secondary N) is 1. The first-order valence-corrected chi connectivity index (χ1v) is 10.3. The molecule has 3 rings (SSSR count). The minimum absolute atomic E-state index is 0.235. The highest BCUT2D eigenvalue weighted by molar-refractivity contribution is 9.11. The van der Waals surface area contributed by atoms with Gasteiger partial charge in [0.2, 0.25) is 10.0 Å². The maximum absolute atomic E-state index is 12.2. The fourth-order valence-corrected chi connectivity index (χ4v) is 6.92. The lowest BCUT2D eigenvalue weighted by Crippen LogP contribution is -2.21. The summed E-state index contributed by atoms with van der Waals surface area (Å²) in [5, 5.41) is 0.422. The van der Waals surface area contributed by atoms with Crippen LogP contribution in [-0.2, 0) is 29.4 Å². The van der Waals surface area contributed by atoms with Gasteiger partial charge in [0.1, 0.15) is 4.21 Å². The Kier molecular flexibility index (Phi) is 4.27. The van der Waals surface area contributed by atoms with E-state index in [1.54, 1.807) is 11.3 Å². The number of sulfonamides is 1. The van der Waals surface area contributed by atoms with E-state index in [-0.39, 0.29) is 4.21 Å². The van der Waals surface area contributed by atoms with Gasteiger partial charge >= 0.3 is 0 Å². The van der Waals surface area contributed by atoms with Gasteiger partial charge in [-0.25, -0.2) is 13.1 Å². The summed E-state index contributed by atoms with van der Waals surface area (Å²) in [6.07, 6.45) is 3.46. The van der Waals surface area contributed by atoms with Gasteiger partial charge < -0.3 is 0 Å². The minimum atomic E-state index is -3.49. The van der Waals surface area contributed by atoms with Gasteiger partial charge in [0.25, 0.3) is 0 Å². The predicted molar refractivity (Wildman–Crippen MR) is 87.4 cm³/mol. The highest BCUT2D eigenvalue weighted by Gasteiger charge is 2.20. The number of fused-ring (bicyclic) bond motifs is 1. The summed E-state index contributed by atoms with van der Waals surface area (Å²) in [5.41, 5.74) is 1.38. The van der Waals surface area contributed by atoms with Crippen LogP contribution in [0.5, 0.6) is 0 Å². The van der Waals surface area contributed by atoms with Gasteiger partial charge in [-0.3, -0.25) is 0 Å². The number of rotatable bonds is 4. The zero-order valence-corrected chi connectivity index (χ0v) is 15.1. The number of halogens is 2. The second-order valence-corrected chi connectivity index (χ2v) is 10.5. The average molecular weight is 413 g/mol. The number of hydrogen-bond acceptors (Lipinski definition) is 4. The summed E-state index contributed by atoms with van der Waals surface area (Å²) in [6, 6.07) is 3.58. The Morgan fingerprint density at radius 1 is 1.30 bits per heavy atom. The zero-order chi connectivity index (χ0) is 14.3. The maximum Gasteiger partial charge on any atom is 0.250 e. The summed E-state index contributed by atoms with van der Waals surface area (Å²) in [4.78, 5) is 2.47. The maximum atomic E-state index is 12.2. The Hall–Kier alpha value is 0.0800. The van der Waals surface area contributed by atoms with E-state index in [1.807, 2.05) is 0 Å². The van der Waals surface area contributed by atoms with E-state index in [1.165, 1.54) is 22.9 Å². The monoisotopic (exact) mass is 411 g/mol. The van der Waals surface area contributed by atoms with Gasteiger partial charge in [-0.05, 0) is 52.9 Å². The zero-order valence-electron chi connectivity index (χ0n) is 10.3. The fraction of sp³-hybridized carbons (Fsp3) is 0.333. The Bertz CT molecular complexity index is 710. The van der Waals surface area contributed by atoms with Gasteiger partial charge in [-0.1, -0.05) is 11.6 Å². The van der Waals surface area contributed by atoms with Crippen molar-refractivity contribution in [3.8, 4) is 0 Å². The van der Waals surface area contributed by atoms with Crippen LogP contribution in [0.15, 0.2) is 20.1 Å². The van der Waals surface area contributed by atoms with Crippen LogP contribution in [0.25, 0.3) is 0 Å². The molecule has 0 atom stereocenters. The predicted octanol–water partition coefficient (Wildman–Crippen LogP) is 4.19. The minimum Gasteiger partial charge on any atom is -0.206 e. The molecule has 0 unspecified atom stereocenters. The largest absolute Gasteiger partial charge is 0.250 e. The molecule has 2 aromatic rings. The van der Waals surface area contributed by atoms with E-state index in [2.05, 4.69) is 26.7 Å². The average Bonchev–Trinajstić information content (AvgIpc) is 3.03. The van der Waals surface area contributed by atoms with Gasteiger partial charge in [0.15, 0.2) is 0 Å². The first kappa shape index (κ1) is 15.0. The van der Waals surface area contributed by atoms with Crippen molar-refractivity contribution in [2.75, 3.05) is 0 Å². The van der Waals surface area contributed by atoms with Crippen LogP contribution in [-0.4, -0.2) is 8.42 Å². The molecule has 0 amide bonds. The molecule has 1 aliphatic rings. The highest BCUT2D eigenvalue weighted by atomic mass is 79.9. The van der Waals surface area contributed by atoms with Crippen molar-refractivity contribution < 1.29 is 8.42 Å². The molecule has 0 spiro atoms. The number of aryl methyl sites for hydroxylation is 2. The van der Waals surface area contributed by atoms with Gasteiger partial charge in [-0.2, -0.15) is 0 Å². The van der Waals surface area contributed by atoms with Gasteiger partial charge in [-0.15, -0.1) is 22.7 Å². The van der Waals surface area contributed by atoms with E-state index in [0.717, 1.165) is 29.1 Å². The molecule has 0 radical (unpaired) electrons. The lowest BCUT2D eigenvalue weighted by Gasteiger charge is -2.02. The Balaban J connectivity index is 1.73. The number of hydrogen-bond donors (Lipinski definition) is 1. The van der Waals surface area contributed by atoms with Crippen molar-refractivity contribution in [1.29, 1.82) is 0 Å². The van der Waals surface area contributed by atoms with Crippen LogP contribution in [0, 0.1) is 0 Å². The summed E-state index contributed by atoms with van der Waals surface area (Å²) >= 11 is 11.9.